The molecular weight excluding hydrogens is 296 g/mol. The molecule has 0 spiro atoms. The first-order chi connectivity index (χ1) is 11.0. The summed E-state index contributed by atoms with van der Waals surface area (Å²) in [5.41, 5.74) is -0.107. The van der Waals surface area contributed by atoms with Gasteiger partial charge in [0.15, 0.2) is 18.1 Å². The maximum Gasteiger partial charge on any atom is 0.258 e. The molecule has 0 radical (unpaired) electrons. The van der Waals surface area contributed by atoms with Crippen molar-refractivity contribution in [2.45, 2.75) is 19.4 Å². The highest BCUT2D eigenvalue weighted by Gasteiger charge is 2.28. The van der Waals surface area contributed by atoms with Crippen LogP contribution in [0.25, 0.3) is 0 Å². The number of hydrogen-bond donors (Lipinski definition) is 1. The third kappa shape index (κ3) is 5.11. The fourth-order valence-corrected chi connectivity index (χ4v) is 2.53. The molecule has 0 aromatic heterocycles. The quantitative estimate of drug-likeness (QED) is 0.820. The van der Waals surface area contributed by atoms with Crippen molar-refractivity contribution in [3.05, 3.63) is 24.3 Å². The van der Waals surface area contributed by atoms with E-state index in [0.717, 1.165) is 26.3 Å². The molecule has 0 atom stereocenters. The highest BCUT2D eigenvalue weighted by molar-refractivity contribution is 5.77. The van der Waals surface area contributed by atoms with Gasteiger partial charge in [-0.05, 0) is 26.0 Å². The zero-order valence-electron chi connectivity index (χ0n) is 14.1. The van der Waals surface area contributed by atoms with Crippen LogP contribution in [0.3, 0.4) is 0 Å². The molecule has 128 valence electrons. The Kier molecular flexibility index (Phi) is 6.24. The monoisotopic (exact) mass is 322 g/mol. The van der Waals surface area contributed by atoms with Gasteiger partial charge in [-0.25, -0.2) is 0 Å². The summed E-state index contributed by atoms with van der Waals surface area (Å²) >= 11 is 0. The van der Waals surface area contributed by atoms with Gasteiger partial charge in [0, 0.05) is 25.2 Å². The number of methoxy groups -OCH3 is 1. The molecule has 1 aliphatic rings. The molecule has 6 heteroatoms. The molecule has 0 bridgehead atoms. The largest absolute Gasteiger partial charge is 0.493 e. The van der Waals surface area contributed by atoms with E-state index in [9.17, 15) is 4.79 Å². The number of nitrogens with one attached hydrogen (secondary N) is 1. The Balaban J connectivity index is 1.78. The number of rotatable bonds is 7. The molecule has 6 nitrogen and oxygen atoms in total. The molecule has 1 saturated heterocycles. The summed E-state index contributed by atoms with van der Waals surface area (Å²) in [7, 11) is 1.58. The number of benzene rings is 1. The summed E-state index contributed by atoms with van der Waals surface area (Å²) in [5.74, 6) is 1.05. The zero-order valence-corrected chi connectivity index (χ0v) is 14.1. The fourth-order valence-electron chi connectivity index (χ4n) is 2.53. The summed E-state index contributed by atoms with van der Waals surface area (Å²) in [6.45, 7) is 8.06. The van der Waals surface area contributed by atoms with Crippen LogP contribution in [0.15, 0.2) is 24.3 Å². The van der Waals surface area contributed by atoms with Gasteiger partial charge in [-0.3, -0.25) is 9.69 Å². The van der Waals surface area contributed by atoms with Gasteiger partial charge in [0.1, 0.15) is 0 Å². The normalized spacial score (nSPS) is 16.0. The van der Waals surface area contributed by atoms with Crippen LogP contribution in [0.4, 0.5) is 0 Å². The van der Waals surface area contributed by atoms with Gasteiger partial charge in [-0.1, -0.05) is 12.1 Å². The van der Waals surface area contributed by atoms with Crippen LogP contribution in [0.1, 0.15) is 13.8 Å². The number of carbonyl (C=O) groups excluding carboxylic acids is 1. The Hall–Kier alpha value is -1.79. The average Bonchev–Trinajstić information content (AvgIpc) is 2.59. The molecule has 1 aromatic rings. The van der Waals surface area contributed by atoms with Gasteiger partial charge in [-0.2, -0.15) is 0 Å². The van der Waals surface area contributed by atoms with E-state index in [1.54, 1.807) is 19.2 Å². The summed E-state index contributed by atoms with van der Waals surface area (Å²) in [6.07, 6.45) is 0. The van der Waals surface area contributed by atoms with Crippen molar-refractivity contribution >= 4 is 5.91 Å². The number of hydrogen-bond acceptors (Lipinski definition) is 5. The van der Waals surface area contributed by atoms with E-state index in [2.05, 4.69) is 24.1 Å². The van der Waals surface area contributed by atoms with Crippen molar-refractivity contribution in [3.8, 4) is 11.5 Å². The van der Waals surface area contributed by atoms with E-state index >= 15 is 0 Å². The predicted octanol–water partition coefficient (Wildman–Crippen LogP) is 1.30. The Morgan fingerprint density at radius 1 is 1.26 bits per heavy atom. The van der Waals surface area contributed by atoms with E-state index in [-0.39, 0.29) is 18.1 Å². The van der Waals surface area contributed by atoms with Crippen molar-refractivity contribution in [1.82, 2.24) is 10.2 Å². The Bertz CT molecular complexity index is 513. The number of amides is 1. The van der Waals surface area contributed by atoms with E-state index in [4.69, 9.17) is 14.2 Å². The standard InChI is InChI=1S/C17H26N2O4/c1-17(2,19-8-10-22-11-9-19)13-18-16(20)12-23-15-7-5-4-6-14(15)21-3/h4-7H,8-13H2,1-3H3,(H,18,20). The summed E-state index contributed by atoms with van der Waals surface area (Å²) in [5, 5.41) is 2.94. The minimum atomic E-state index is -0.141. The van der Waals surface area contributed by atoms with Crippen LogP contribution in [0.2, 0.25) is 0 Å². The highest BCUT2D eigenvalue weighted by atomic mass is 16.5. The van der Waals surface area contributed by atoms with Crippen LogP contribution in [0.5, 0.6) is 11.5 Å². The first kappa shape index (κ1) is 17.6. The Labute approximate surface area is 137 Å². The van der Waals surface area contributed by atoms with Gasteiger partial charge >= 0.3 is 0 Å². The molecule has 1 aromatic carbocycles. The van der Waals surface area contributed by atoms with Crippen molar-refractivity contribution < 1.29 is 19.0 Å². The van der Waals surface area contributed by atoms with Crippen molar-refractivity contribution in [2.24, 2.45) is 0 Å². The van der Waals surface area contributed by atoms with E-state index in [1.165, 1.54) is 0 Å². The second-order valence-electron chi connectivity index (χ2n) is 6.13. The molecule has 1 aliphatic heterocycles. The van der Waals surface area contributed by atoms with Gasteiger partial charge < -0.3 is 19.5 Å². The molecule has 0 unspecified atom stereocenters. The molecule has 1 amide bonds. The second kappa shape index (κ2) is 8.17. The minimum absolute atomic E-state index is 0.0282. The smallest absolute Gasteiger partial charge is 0.258 e. The minimum Gasteiger partial charge on any atom is -0.493 e. The van der Waals surface area contributed by atoms with Crippen LogP contribution >= 0.6 is 0 Å². The van der Waals surface area contributed by atoms with Crippen LogP contribution in [-0.4, -0.2) is 62.9 Å². The third-order valence-electron chi connectivity index (χ3n) is 4.01. The molecule has 0 saturated carbocycles. The molecule has 1 heterocycles. The lowest BCUT2D eigenvalue weighted by molar-refractivity contribution is -0.123. The number of morpholine rings is 1. The van der Waals surface area contributed by atoms with Gasteiger partial charge in [0.05, 0.1) is 20.3 Å². The van der Waals surface area contributed by atoms with Crippen LogP contribution in [-0.2, 0) is 9.53 Å². The van der Waals surface area contributed by atoms with Crippen molar-refractivity contribution in [1.29, 1.82) is 0 Å². The number of ether oxygens (including phenoxy) is 3. The average molecular weight is 322 g/mol. The topological polar surface area (TPSA) is 60.0 Å². The van der Waals surface area contributed by atoms with E-state index in [1.807, 2.05) is 12.1 Å². The molecule has 1 fully saturated rings. The first-order valence-electron chi connectivity index (χ1n) is 7.88. The molecule has 0 aliphatic carbocycles. The van der Waals surface area contributed by atoms with Crippen molar-refractivity contribution in [2.75, 3.05) is 46.6 Å². The van der Waals surface area contributed by atoms with Crippen LogP contribution in [0, 0.1) is 0 Å². The summed E-state index contributed by atoms with van der Waals surface area (Å²) in [6, 6.07) is 7.28. The number of nitrogens with zero attached hydrogens (tertiary/aromatic N) is 1. The van der Waals surface area contributed by atoms with Gasteiger partial charge in [0.2, 0.25) is 0 Å². The van der Waals surface area contributed by atoms with Gasteiger partial charge in [-0.15, -0.1) is 0 Å². The first-order valence-corrected chi connectivity index (χ1v) is 7.88. The number of para-hydroxylation sites is 2. The van der Waals surface area contributed by atoms with E-state index in [0.29, 0.717) is 18.0 Å². The second-order valence-corrected chi connectivity index (χ2v) is 6.13. The molecule has 1 N–H and O–H groups in total. The Morgan fingerprint density at radius 3 is 2.57 bits per heavy atom. The Morgan fingerprint density at radius 2 is 1.91 bits per heavy atom. The van der Waals surface area contributed by atoms with Gasteiger partial charge in [0.25, 0.3) is 5.91 Å². The summed E-state index contributed by atoms with van der Waals surface area (Å²) in [4.78, 5) is 14.4. The summed E-state index contributed by atoms with van der Waals surface area (Å²) < 4.78 is 16.1. The van der Waals surface area contributed by atoms with E-state index < -0.39 is 0 Å². The maximum atomic E-state index is 12.0. The molecule has 23 heavy (non-hydrogen) atoms. The molecular formula is C17H26N2O4. The molecule has 2 rings (SSSR count). The predicted molar refractivity (Wildman–Crippen MR) is 88.0 cm³/mol. The van der Waals surface area contributed by atoms with Crippen LogP contribution < -0.4 is 14.8 Å². The highest BCUT2D eigenvalue weighted by Crippen LogP contribution is 2.25. The maximum absolute atomic E-state index is 12.0. The van der Waals surface area contributed by atoms with Crippen molar-refractivity contribution in [3.63, 3.8) is 0 Å². The lowest BCUT2D eigenvalue weighted by atomic mass is 10.0. The fraction of sp³-hybridized carbons (Fsp3) is 0.588. The SMILES string of the molecule is COc1ccccc1OCC(=O)NCC(C)(C)N1CCOCC1. The lowest BCUT2D eigenvalue weighted by Gasteiger charge is -2.40. The number of carbonyl (C=O) groups is 1. The zero-order chi connectivity index (χ0) is 16.7. The lowest BCUT2D eigenvalue weighted by Crippen LogP contribution is -2.55. The third-order valence-corrected chi connectivity index (χ3v) is 4.01.